The minimum Gasteiger partial charge on any atom is -0.454 e. The molecule has 0 aromatic carbocycles. The zero-order valence-corrected chi connectivity index (χ0v) is 12.1. The summed E-state index contributed by atoms with van der Waals surface area (Å²) in [6.45, 7) is 0.0215. The number of nitrogens with zero attached hydrogens (tertiary/aromatic N) is 5. The third kappa shape index (κ3) is 5.00. The van der Waals surface area contributed by atoms with E-state index < -0.39 is 30.4 Å². The molecule has 0 fully saturated rings. The minimum atomic E-state index is -4.48. The van der Waals surface area contributed by atoms with Crippen molar-refractivity contribution in [2.75, 3.05) is 12.3 Å². The number of alkyl halides is 3. The molecule has 0 spiro atoms. The Labute approximate surface area is 132 Å². The number of hydrogen-bond acceptors (Lipinski definition) is 8. The standard InChI is InChI=1S/C12H10F4N6O2/c1-6(22-24-11-20-4-8(13)9(17)21-11)7-2-18-10(19-3-7)23-5-12(14,15)16/h2-4H,5H2,1H3,(H2,17,20,21). The molecule has 0 saturated heterocycles. The number of halogens is 4. The molecule has 2 rings (SSSR count). The van der Waals surface area contributed by atoms with Gasteiger partial charge in [0.15, 0.2) is 18.2 Å². The Morgan fingerprint density at radius 3 is 2.38 bits per heavy atom. The number of nitrogen functional groups attached to an aromatic ring is 1. The molecular formula is C12H10F4N6O2. The molecule has 0 unspecified atom stereocenters. The van der Waals surface area contributed by atoms with Gasteiger partial charge in [0, 0.05) is 18.0 Å². The Kier molecular flexibility index (Phi) is 5.06. The summed E-state index contributed by atoms with van der Waals surface area (Å²) in [5, 5.41) is 3.66. The first-order valence-corrected chi connectivity index (χ1v) is 6.26. The van der Waals surface area contributed by atoms with Crippen LogP contribution in [0.4, 0.5) is 23.4 Å². The second-order valence-corrected chi connectivity index (χ2v) is 4.31. The maximum atomic E-state index is 12.9. The number of nitrogens with two attached hydrogens (primary N) is 1. The molecule has 2 aromatic heterocycles. The van der Waals surface area contributed by atoms with Crippen molar-refractivity contribution >= 4 is 11.5 Å². The molecular weight excluding hydrogens is 336 g/mol. The van der Waals surface area contributed by atoms with Gasteiger partial charge in [0.2, 0.25) is 0 Å². The predicted molar refractivity (Wildman–Crippen MR) is 72.8 cm³/mol. The molecule has 0 saturated carbocycles. The Balaban J connectivity index is 2.00. The van der Waals surface area contributed by atoms with Crippen molar-refractivity contribution in [2.24, 2.45) is 5.16 Å². The first-order chi connectivity index (χ1) is 11.2. The van der Waals surface area contributed by atoms with Crippen molar-refractivity contribution in [1.82, 2.24) is 19.9 Å². The van der Waals surface area contributed by atoms with Gasteiger partial charge >= 0.3 is 18.2 Å². The van der Waals surface area contributed by atoms with Gasteiger partial charge in [-0.3, -0.25) is 0 Å². The molecule has 0 radical (unpaired) electrons. The van der Waals surface area contributed by atoms with Gasteiger partial charge in [0.25, 0.3) is 0 Å². The van der Waals surface area contributed by atoms with Gasteiger partial charge in [-0.25, -0.2) is 14.4 Å². The summed E-state index contributed by atoms with van der Waals surface area (Å²) >= 11 is 0. The average molecular weight is 346 g/mol. The highest BCUT2D eigenvalue weighted by Gasteiger charge is 2.28. The van der Waals surface area contributed by atoms with E-state index in [2.05, 4.69) is 29.8 Å². The van der Waals surface area contributed by atoms with E-state index in [1.54, 1.807) is 0 Å². The van der Waals surface area contributed by atoms with Crippen molar-refractivity contribution in [3.05, 3.63) is 30.0 Å². The summed E-state index contributed by atoms with van der Waals surface area (Å²) in [4.78, 5) is 19.1. The van der Waals surface area contributed by atoms with E-state index in [4.69, 9.17) is 10.6 Å². The van der Waals surface area contributed by atoms with Crippen LogP contribution in [0.25, 0.3) is 0 Å². The Bertz CT molecular complexity index is 735. The van der Waals surface area contributed by atoms with Gasteiger partial charge in [-0.2, -0.15) is 23.1 Å². The van der Waals surface area contributed by atoms with E-state index in [0.717, 1.165) is 6.20 Å². The third-order valence-corrected chi connectivity index (χ3v) is 2.42. The van der Waals surface area contributed by atoms with E-state index in [-0.39, 0.29) is 11.7 Å². The molecule has 8 nitrogen and oxygen atoms in total. The molecule has 0 aliphatic rings. The Morgan fingerprint density at radius 1 is 1.17 bits per heavy atom. The monoisotopic (exact) mass is 346 g/mol. The Morgan fingerprint density at radius 2 is 1.79 bits per heavy atom. The fourth-order valence-electron chi connectivity index (χ4n) is 1.29. The molecule has 0 aliphatic heterocycles. The summed E-state index contributed by atoms with van der Waals surface area (Å²) in [5.74, 6) is -1.20. The highest BCUT2D eigenvalue weighted by atomic mass is 19.4. The lowest BCUT2D eigenvalue weighted by Crippen LogP contribution is -2.20. The van der Waals surface area contributed by atoms with Gasteiger partial charge in [-0.15, -0.1) is 0 Å². The van der Waals surface area contributed by atoms with E-state index in [9.17, 15) is 17.6 Å². The van der Waals surface area contributed by atoms with E-state index in [1.165, 1.54) is 19.3 Å². The van der Waals surface area contributed by atoms with Gasteiger partial charge in [0.05, 0.1) is 11.9 Å². The lowest BCUT2D eigenvalue weighted by molar-refractivity contribution is -0.154. The highest BCUT2D eigenvalue weighted by Crippen LogP contribution is 2.16. The van der Waals surface area contributed by atoms with Gasteiger partial charge in [-0.05, 0) is 6.92 Å². The first-order valence-electron chi connectivity index (χ1n) is 6.26. The Hall–Kier alpha value is -3.05. The van der Waals surface area contributed by atoms with Crippen LogP contribution in [-0.2, 0) is 0 Å². The molecule has 0 bridgehead atoms. The summed E-state index contributed by atoms with van der Waals surface area (Å²) in [6, 6.07) is -0.710. The number of anilines is 1. The van der Waals surface area contributed by atoms with Crippen LogP contribution in [0.1, 0.15) is 12.5 Å². The molecule has 24 heavy (non-hydrogen) atoms. The third-order valence-electron chi connectivity index (χ3n) is 2.42. The molecule has 2 N–H and O–H groups in total. The van der Waals surface area contributed by atoms with Crippen LogP contribution in [0.15, 0.2) is 23.7 Å². The molecule has 128 valence electrons. The van der Waals surface area contributed by atoms with Gasteiger partial charge in [-0.1, -0.05) is 5.16 Å². The normalized spacial score (nSPS) is 12.1. The SMILES string of the molecule is CC(=NOc1ncc(F)c(N)n1)c1cnc(OCC(F)(F)F)nc1. The van der Waals surface area contributed by atoms with Crippen LogP contribution in [0.5, 0.6) is 12.0 Å². The number of hydrogen-bond donors (Lipinski definition) is 1. The van der Waals surface area contributed by atoms with Crippen LogP contribution in [0.3, 0.4) is 0 Å². The number of rotatable bonds is 5. The van der Waals surface area contributed by atoms with Crippen molar-refractivity contribution in [3.63, 3.8) is 0 Å². The fourth-order valence-corrected chi connectivity index (χ4v) is 1.29. The van der Waals surface area contributed by atoms with Crippen LogP contribution >= 0.6 is 0 Å². The van der Waals surface area contributed by atoms with Gasteiger partial charge < -0.3 is 15.3 Å². The van der Waals surface area contributed by atoms with Crippen LogP contribution in [-0.4, -0.2) is 38.4 Å². The summed E-state index contributed by atoms with van der Waals surface area (Å²) in [5.41, 5.74) is 5.86. The van der Waals surface area contributed by atoms with E-state index in [1.807, 2.05) is 0 Å². The second-order valence-electron chi connectivity index (χ2n) is 4.31. The summed E-state index contributed by atoms with van der Waals surface area (Å²) in [7, 11) is 0. The second kappa shape index (κ2) is 7.02. The lowest BCUT2D eigenvalue weighted by atomic mass is 10.2. The van der Waals surface area contributed by atoms with Crippen molar-refractivity contribution in [2.45, 2.75) is 13.1 Å². The topological polar surface area (TPSA) is 108 Å². The van der Waals surface area contributed by atoms with Crippen molar-refractivity contribution in [3.8, 4) is 12.0 Å². The molecule has 0 atom stereocenters. The number of oxime groups is 1. The average Bonchev–Trinajstić information content (AvgIpc) is 2.53. The van der Waals surface area contributed by atoms with E-state index >= 15 is 0 Å². The summed E-state index contributed by atoms with van der Waals surface area (Å²) < 4.78 is 53.3. The number of aromatic nitrogens is 4. The number of ether oxygens (including phenoxy) is 1. The van der Waals surface area contributed by atoms with Crippen molar-refractivity contribution < 1.29 is 27.1 Å². The molecule has 2 heterocycles. The lowest BCUT2D eigenvalue weighted by Gasteiger charge is -2.07. The summed E-state index contributed by atoms with van der Waals surface area (Å²) in [6.07, 6.45) is -1.27. The first kappa shape index (κ1) is 17.3. The predicted octanol–water partition coefficient (Wildman–Crippen LogP) is 1.73. The highest BCUT2D eigenvalue weighted by molar-refractivity contribution is 5.97. The molecule has 2 aromatic rings. The maximum Gasteiger partial charge on any atom is 0.422 e. The quantitative estimate of drug-likeness (QED) is 0.499. The van der Waals surface area contributed by atoms with Crippen LogP contribution < -0.4 is 15.3 Å². The van der Waals surface area contributed by atoms with Gasteiger partial charge in [0.1, 0.15) is 0 Å². The zero-order chi connectivity index (χ0) is 17.7. The van der Waals surface area contributed by atoms with Crippen molar-refractivity contribution in [1.29, 1.82) is 0 Å². The van der Waals surface area contributed by atoms with E-state index in [0.29, 0.717) is 5.56 Å². The molecule has 0 aliphatic carbocycles. The smallest absolute Gasteiger partial charge is 0.422 e. The van der Waals surface area contributed by atoms with Crippen LogP contribution in [0.2, 0.25) is 0 Å². The molecule has 0 amide bonds. The van der Waals surface area contributed by atoms with Crippen LogP contribution in [0, 0.1) is 5.82 Å². The largest absolute Gasteiger partial charge is 0.454 e. The minimum absolute atomic E-state index is 0.267. The zero-order valence-electron chi connectivity index (χ0n) is 12.1. The molecule has 12 heteroatoms. The maximum absolute atomic E-state index is 12.9. The fraction of sp³-hybridized carbons (Fsp3) is 0.250.